The van der Waals surface area contributed by atoms with Gasteiger partial charge >= 0.3 is 0 Å². The molecule has 13 heavy (non-hydrogen) atoms. The maximum absolute atomic E-state index is 2.51. The molecule has 0 saturated carbocycles. The number of hydrogen-bond acceptors (Lipinski definition) is 2. The first-order chi connectivity index (χ1) is 5.93. The van der Waals surface area contributed by atoms with Gasteiger partial charge in [-0.3, -0.25) is 0 Å². The third kappa shape index (κ3) is 2.57. The fourth-order valence-corrected chi connectivity index (χ4v) is 5.25. The van der Waals surface area contributed by atoms with Gasteiger partial charge in [0.05, 0.1) is 12.2 Å². The van der Waals surface area contributed by atoms with Gasteiger partial charge in [-0.25, -0.2) is 0 Å². The molecule has 0 N–H and O–H groups in total. The van der Waals surface area contributed by atoms with E-state index < -0.39 is 8.07 Å². The summed E-state index contributed by atoms with van der Waals surface area (Å²) in [4.78, 5) is 0. The molecule has 0 aliphatic heterocycles. The molecule has 1 rings (SSSR count). The van der Waals surface area contributed by atoms with Gasteiger partial charge in [0.15, 0.2) is 0 Å². The fraction of sp³-hybridized carbons (Fsp3) is 0.800. The molecule has 0 aromatic heterocycles. The van der Waals surface area contributed by atoms with Crippen LogP contribution in [0.2, 0.25) is 19.6 Å². The molecule has 0 radical (unpaired) electrons. The van der Waals surface area contributed by atoms with Crippen molar-refractivity contribution in [2.45, 2.75) is 36.6 Å². The molecule has 0 aromatic carbocycles. The Hall–Kier alpha value is 0.657. The number of allylic oxidation sites excluding steroid dienone is 2. The second kappa shape index (κ2) is 4.03. The normalized spacial score (nSPS) is 21.8. The molecule has 76 valence electrons. The molecule has 0 nitrogen and oxygen atoms in total. The van der Waals surface area contributed by atoms with Crippen LogP contribution in [0.25, 0.3) is 0 Å². The minimum absolute atomic E-state index is 0.482. The Morgan fingerprint density at radius 2 is 1.77 bits per heavy atom. The van der Waals surface area contributed by atoms with E-state index in [-0.39, 0.29) is 0 Å². The third-order valence-electron chi connectivity index (χ3n) is 2.83. The van der Waals surface area contributed by atoms with Crippen LogP contribution in [-0.2, 0) is 0 Å². The minimum atomic E-state index is -1.01. The molecule has 0 heterocycles. The highest BCUT2D eigenvalue weighted by atomic mass is 32.2. The summed E-state index contributed by atoms with van der Waals surface area (Å²) >= 11 is 4.07. The average molecular weight is 232 g/mol. The summed E-state index contributed by atoms with van der Waals surface area (Å²) in [6.07, 6.45) is 9.61. The quantitative estimate of drug-likeness (QED) is 0.533. The van der Waals surface area contributed by atoms with Crippen LogP contribution in [0.15, 0.2) is 11.3 Å². The lowest BCUT2D eigenvalue weighted by molar-refractivity contribution is 0.880. The van der Waals surface area contributed by atoms with Gasteiger partial charge in [0.25, 0.3) is 0 Å². The maximum atomic E-state index is 2.51. The topological polar surface area (TPSA) is 0 Å². The first-order valence-electron chi connectivity index (χ1n) is 4.73. The molecule has 0 amide bonds. The lowest BCUT2D eigenvalue weighted by atomic mass is 10.3. The van der Waals surface area contributed by atoms with Crippen LogP contribution >= 0.6 is 23.5 Å². The van der Waals surface area contributed by atoms with E-state index in [0.29, 0.717) is 4.08 Å². The number of rotatable bonds is 3. The smallest absolute Gasteiger partial charge is 0.0721 e. The molecule has 0 saturated heterocycles. The van der Waals surface area contributed by atoms with Crippen LogP contribution < -0.4 is 0 Å². The SMILES string of the molecule is CSC1(SC)CC=C([Si](C)(C)C)C1. The summed E-state index contributed by atoms with van der Waals surface area (Å²) in [5, 5.41) is 1.77. The Morgan fingerprint density at radius 1 is 1.23 bits per heavy atom. The number of thioether (sulfide) groups is 2. The van der Waals surface area contributed by atoms with Gasteiger partial charge in [0.2, 0.25) is 0 Å². The van der Waals surface area contributed by atoms with E-state index in [4.69, 9.17) is 0 Å². The Morgan fingerprint density at radius 3 is 2.00 bits per heavy atom. The van der Waals surface area contributed by atoms with Crippen LogP contribution in [0.5, 0.6) is 0 Å². The molecule has 3 heteroatoms. The summed E-state index contributed by atoms with van der Waals surface area (Å²) in [6, 6.07) is 0. The molecule has 1 aliphatic carbocycles. The molecule has 0 unspecified atom stereocenters. The van der Waals surface area contributed by atoms with Crippen molar-refractivity contribution >= 4 is 31.6 Å². The van der Waals surface area contributed by atoms with Crippen molar-refractivity contribution in [2.75, 3.05) is 12.5 Å². The Kier molecular flexibility index (Phi) is 3.64. The van der Waals surface area contributed by atoms with Gasteiger partial charge in [-0.2, -0.15) is 0 Å². The van der Waals surface area contributed by atoms with E-state index in [1.54, 1.807) is 5.20 Å². The summed E-state index contributed by atoms with van der Waals surface area (Å²) in [5.74, 6) is 0. The van der Waals surface area contributed by atoms with Crippen LogP contribution in [-0.4, -0.2) is 24.7 Å². The van der Waals surface area contributed by atoms with Crippen molar-refractivity contribution < 1.29 is 0 Å². The molecule has 0 atom stereocenters. The van der Waals surface area contributed by atoms with Gasteiger partial charge in [-0.1, -0.05) is 30.9 Å². The predicted molar refractivity (Wildman–Crippen MR) is 70.4 cm³/mol. The Labute approximate surface area is 92.0 Å². The third-order valence-corrected chi connectivity index (χ3v) is 8.24. The summed E-state index contributed by atoms with van der Waals surface area (Å²) in [5.41, 5.74) is 0. The van der Waals surface area contributed by atoms with Crippen molar-refractivity contribution in [2.24, 2.45) is 0 Å². The van der Waals surface area contributed by atoms with Gasteiger partial charge < -0.3 is 0 Å². The van der Waals surface area contributed by atoms with Crippen LogP contribution in [0.4, 0.5) is 0 Å². The van der Waals surface area contributed by atoms with Crippen LogP contribution in [0, 0.1) is 0 Å². The molecular weight excluding hydrogens is 212 g/mol. The number of hydrogen-bond donors (Lipinski definition) is 0. The summed E-state index contributed by atoms with van der Waals surface area (Å²) in [7, 11) is -1.01. The minimum Gasteiger partial charge on any atom is -0.147 e. The molecule has 1 aliphatic rings. The lowest BCUT2D eigenvalue weighted by Crippen LogP contribution is -2.26. The zero-order valence-electron chi connectivity index (χ0n) is 9.31. The monoisotopic (exact) mass is 232 g/mol. The largest absolute Gasteiger partial charge is 0.147 e. The van der Waals surface area contributed by atoms with Crippen molar-refractivity contribution in [3.63, 3.8) is 0 Å². The van der Waals surface area contributed by atoms with E-state index in [1.807, 2.05) is 23.5 Å². The molecule has 0 spiro atoms. The van der Waals surface area contributed by atoms with Crippen LogP contribution in [0.1, 0.15) is 12.8 Å². The summed E-state index contributed by atoms with van der Waals surface area (Å²) < 4.78 is 0.482. The highest BCUT2D eigenvalue weighted by Gasteiger charge is 2.36. The predicted octanol–water partition coefficient (Wildman–Crippen LogP) is 4.01. The van der Waals surface area contributed by atoms with Crippen molar-refractivity contribution in [1.82, 2.24) is 0 Å². The first-order valence-corrected chi connectivity index (χ1v) is 10.7. The van der Waals surface area contributed by atoms with Crippen molar-refractivity contribution in [3.05, 3.63) is 11.3 Å². The van der Waals surface area contributed by atoms with Gasteiger partial charge in [-0.05, 0) is 25.4 Å². The van der Waals surface area contributed by atoms with Gasteiger partial charge in [0, 0.05) is 0 Å². The zero-order chi connectivity index (χ0) is 10.1. The molecular formula is C10H20S2Si. The zero-order valence-corrected chi connectivity index (χ0v) is 11.9. The standard InChI is InChI=1S/C10H20S2Si/c1-11-10(12-2)7-6-9(8-10)13(3,4)5/h6H,7-8H2,1-5H3. The van der Waals surface area contributed by atoms with E-state index in [2.05, 4.69) is 38.2 Å². The maximum Gasteiger partial charge on any atom is 0.0721 e. The average Bonchev–Trinajstić information content (AvgIpc) is 2.48. The molecule has 0 aromatic rings. The second-order valence-electron chi connectivity index (χ2n) is 4.68. The fourth-order valence-electron chi connectivity index (χ4n) is 1.68. The lowest BCUT2D eigenvalue weighted by Gasteiger charge is -2.27. The Bertz CT molecular complexity index is 211. The second-order valence-corrected chi connectivity index (χ2v) is 12.5. The van der Waals surface area contributed by atoms with Crippen molar-refractivity contribution in [3.8, 4) is 0 Å². The van der Waals surface area contributed by atoms with E-state index in [9.17, 15) is 0 Å². The van der Waals surface area contributed by atoms with E-state index in [1.165, 1.54) is 12.8 Å². The summed E-state index contributed by atoms with van der Waals surface area (Å²) in [6.45, 7) is 7.36. The van der Waals surface area contributed by atoms with E-state index in [0.717, 1.165) is 0 Å². The van der Waals surface area contributed by atoms with Crippen LogP contribution in [0.3, 0.4) is 0 Å². The van der Waals surface area contributed by atoms with Gasteiger partial charge in [0.1, 0.15) is 0 Å². The van der Waals surface area contributed by atoms with Gasteiger partial charge in [-0.15, -0.1) is 23.5 Å². The Balaban J connectivity index is 2.70. The van der Waals surface area contributed by atoms with Crippen molar-refractivity contribution in [1.29, 1.82) is 0 Å². The van der Waals surface area contributed by atoms with E-state index >= 15 is 0 Å². The first kappa shape index (κ1) is 11.7. The molecule has 0 fully saturated rings. The highest BCUT2D eigenvalue weighted by molar-refractivity contribution is 8.17. The highest BCUT2D eigenvalue weighted by Crippen LogP contribution is 2.48. The molecule has 0 bridgehead atoms.